The molecule has 1 aliphatic carbocycles. The number of carboxylic acids is 1. The Morgan fingerprint density at radius 3 is 2.67 bits per heavy atom. The van der Waals surface area contributed by atoms with Gasteiger partial charge in [-0.25, -0.2) is 0 Å². The van der Waals surface area contributed by atoms with Gasteiger partial charge in [-0.1, -0.05) is 6.08 Å². The van der Waals surface area contributed by atoms with Crippen molar-refractivity contribution in [2.24, 2.45) is 5.92 Å². The number of ether oxygens (including phenoxy) is 2. The van der Waals surface area contributed by atoms with E-state index in [0.29, 0.717) is 6.29 Å². The van der Waals surface area contributed by atoms with E-state index < -0.39 is 17.5 Å². The highest BCUT2D eigenvalue weighted by molar-refractivity contribution is 5.84. The number of carbonyl (C=O) groups is 2. The molecule has 5 nitrogen and oxygen atoms in total. The average molecular weight is 212 g/mol. The fraction of sp³-hybridized carbons (Fsp3) is 0.400. The van der Waals surface area contributed by atoms with Crippen molar-refractivity contribution in [3.05, 3.63) is 24.0 Å². The molecule has 0 aromatic rings. The van der Waals surface area contributed by atoms with Crippen LogP contribution in [0.2, 0.25) is 0 Å². The number of aldehydes is 1. The summed E-state index contributed by atoms with van der Waals surface area (Å²) < 4.78 is 9.89. The van der Waals surface area contributed by atoms with Crippen molar-refractivity contribution in [1.82, 2.24) is 0 Å². The molecule has 0 saturated heterocycles. The SMILES string of the molecule is COC1=CC=CC(C=O)(OC)C1C(=O)O. The first kappa shape index (κ1) is 11.5. The van der Waals surface area contributed by atoms with Gasteiger partial charge in [-0.15, -0.1) is 0 Å². The van der Waals surface area contributed by atoms with E-state index in [2.05, 4.69) is 0 Å². The van der Waals surface area contributed by atoms with Gasteiger partial charge in [0.25, 0.3) is 0 Å². The second-order valence-electron chi connectivity index (χ2n) is 3.08. The minimum Gasteiger partial charge on any atom is -0.500 e. The number of carboxylic acid groups (broad SMARTS) is 1. The molecule has 15 heavy (non-hydrogen) atoms. The van der Waals surface area contributed by atoms with Crippen molar-refractivity contribution < 1.29 is 24.2 Å². The van der Waals surface area contributed by atoms with Crippen molar-refractivity contribution in [1.29, 1.82) is 0 Å². The lowest BCUT2D eigenvalue weighted by atomic mass is 9.83. The first-order valence-corrected chi connectivity index (χ1v) is 4.29. The molecule has 0 bridgehead atoms. The topological polar surface area (TPSA) is 72.8 Å². The van der Waals surface area contributed by atoms with Gasteiger partial charge in [-0.3, -0.25) is 9.59 Å². The van der Waals surface area contributed by atoms with E-state index in [4.69, 9.17) is 14.6 Å². The molecule has 0 heterocycles. The van der Waals surface area contributed by atoms with Crippen LogP contribution in [0.4, 0.5) is 0 Å². The Morgan fingerprint density at radius 1 is 1.60 bits per heavy atom. The van der Waals surface area contributed by atoms with Gasteiger partial charge in [0, 0.05) is 7.11 Å². The van der Waals surface area contributed by atoms with Crippen molar-refractivity contribution in [2.45, 2.75) is 5.60 Å². The van der Waals surface area contributed by atoms with E-state index >= 15 is 0 Å². The lowest BCUT2D eigenvalue weighted by Crippen LogP contribution is -2.46. The third kappa shape index (κ3) is 1.78. The van der Waals surface area contributed by atoms with Crippen LogP contribution in [-0.4, -0.2) is 37.2 Å². The van der Waals surface area contributed by atoms with Crippen LogP contribution in [0, 0.1) is 5.92 Å². The number of allylic oxidation sites excluding steroid dienone is 2. The predicted molar refractivity (Wildman–Crippen MR) is 51.2 cm³/mol. The molecule has 2 unspecified atom stereocenters. The maximum atomic E-state index is 11.1. The summed E-state index contributed by atoms with van der Waals surface area (Å²) in [6.45, 7) is 0. The first-order chi connectivity index (χ1) is 7.11. The van der Waals surface area contributed by atoms with E-state index in [1.54, 1.807) is 0 Å². The van der Waals surface area contributed by atoms with Gasteiger partial charge in [0.1, 0.15) is 5.76 Å². The summed E-state index contributed by atoms with van der Waals surface area (Å²) in [5.74, 6) is -2.12. The molecule has 0 spiro atoms. The zero-order chi connectivity index (χ0) is 11.5. The van der Waals surface area contributed by atoms with Crippen LogP contribution >= 0.6 is 0 Å². The number of hydrogen-bond acceptors (Lipinski definition) is 4. The average Bonchev–Trinajstić information content (AvgIpc) is 2.27. The number of rotatable bonds is 4. The standard InChI is InChI=1S/C10H12O5/c1-14-7-4-3-5-10(6-11,15-2)8(7)9(12)13/h3-6,8H,1-2H3,(H,12,13). The second-order valence-corrected chi connectivity index (χ2v) is 3.08. The monoisotopic (exact) mass is 212 g/mol. The molecule has 0 aromatic carbocycles. The van der Waals surface area contributed by atoms with Gasteiger partial charge in [0.05, 0.1) is 7.11 Å². The summed E-state index contributed by atoms with van der Waals surface area (Å²) in [4.78, 5) is 22.0. The summed E-state index contributed by atoms with van der Waals surface area (Å²) in [5.41, 5.74) is -1.48. The fourth-order valence-electron chi connectivity index (χ4n) is 1.55. The second kappa shape index (κ2) is 4.27. The largest absolute Gasteiger partial charge is 0.500 e. The fourth-order valence-corrected chi connectivity index (χ4v) is 1.55. The smallest absolute Gasteiger partial charge is 0.318 e. The minimum atomic E-state index is -1.48. The molecule has 1 aliphatic rings. The highest BCUT2D eigenvalue weighted by Crippen LogP contribution is 2.32. The number of carbonyl (C=O) groups excluding carboxylic acids is 1. The molecule has 0 aromatic heterocycles. The highest BCUT2D eigenvalue weighted by atomic mass is 16.5. The van der Waals surface area contributed by atoms with Gasteiger partial charge in [0.2, 0.25) is 0 Å². The molecule has 1 N–H and O–H groups in total. The van der Waals surface area contributed by atoms with Gasteiger partial charge in [-0.05, 0) is 12.2 Å². The third-order valence-electron chi connectivity index (χ3n) is 2.37. The molecule has 5 heteroatoms. The Labute approximate surface area is 87.0 Å². The Balaban J connectivity index is 3.20. The molecule has 82 valence electrons. The number of methoxy groups -OCH3 is 2. The minimum absolute atomic E-state index is 0.193. The zero-order valence-corrected chi connectivity index (χ0v) is 8.47. The van der Waals surface area contributed by atoms with E-state index in [-0.39, 0.29) is 5.76 Å². The summed E-state index contributed by atoms with van der Waals surface area (Å²) in [6.07, 6.45) is 4.91. The Hall–Kier alpha value is -1.62. The van der Waals surface area contributed by atoms with Crippen LogP contribution in [0.5, 0.6) is 0 Å². The van der Waals surface area contributed by atoms with Crippen LogP contribution in [0.15, 0.2) is 24.0 Å². The van der Waals surface area contributed by atoms with Crippen LogP contribution in [0.1, 0.15) is 0 Å². The van der Waals surface area contributed by atoms with E-state index in [1.807, 2.05) is 0 Å². The van der Waals surface area contributed by atoms with Gasteiger partial charge in [0.15, 0.2) is 17.8 Å². The van der Waals surface area contributed by atoms with E-state index in [0.717, 1.165) is 0 Å². The maximum absolute atomic E-state index is 11.1. The van der Waals surface area contributed by atoms with Crippen LogP contribution in [0.25, 0.3) is 0 Å². The third-order valence-corrected chi connectivity index (χ3v) is 2.37. The molecule has 2 atom stereocenters. The summed E-state index contributed by atoms with van der Waals surface area (Å²) in [7, 11) is 2.64. The van der Waals surface area contributed by atoms with E-state index in [9.17, 15) is 9.59 Å². The molecular formula is C10H12O5. The summed E-state index contributed by atoms with van der Waals surface area (Å²) in [6, 6.07) is 0. The van der Waals surface area contributed by atoms with Gasteiger partial charge < -0.3 is 14.6 Å². The molecule has 0 radical (unpaired) electrons. The molecule has 0 fully saturated rings. The Morgan fingerprint density at radius 2 is 2.27 bits per heavy atom. The van der Waals surface area contributed by atoms with Crippen molar-refractivity contribution in [3.8, 4) is 0 Å². The van der Waals surface area contributed by atoms with Crippen LogP contribution in [-0.2, 0) is 19.1 Å². The molecule has 0 amide bonds. The summed E-state index contributed by atoms with van der Waals surface area (Å²) in [5, 5.41) is 9.04. The number of hydrogen-bond donors (Lipinski definition) is 1. The quantitative estimate of drug-likeness (QED) is 0.681. The lowest BCUT2D eigenvalue weighted by molar-refractivity contribution is -0.154. The van der Waals surface area contributed by atoms with Crippen molar-refractivity contribution >= 4 is 12.3 Å². The van der Waals surface area contributed by atoms with Gasteiger partial charge >= 0.3 is 5.97 Å². The van der Waals surface area contributed by atoms with Gasteiger partial charge in [-0.2, -0.15) is 0 Å². The Kier molecular flexibility index (Phi) is 3.26. The molecular weight excluding hydrogens is 200 g/mol. The van der Waals surface area contributed by atoms with Crippen molar-refractivity contribution in [3.63, 3.8) is 0 Å². The predicted octanol–water partition coefficient (Wildman–Crippen LogP) is 0.371. The first-order valence-electron chi connectivity index (χ1n) is 4.29. The summed E-state index contributed by atoms with van der Waals surface area (Å²) >= 11 is 0. The number of aliphatic carboxylic acids is 1. The molecule has 1 rings (SSSR count). The lowest BCUT2D eigenvalue weighted by Gasteiger charge is -2.32. The molecule has 0 aliphatic heterocycles. The maximum Gasteiger partial charge on any atom is 0.318 e. The van der Waals surface area contributed by atoms with Crippen LogP contribution < -0.4 is 0 Å². The normalized spacial score (nSPS) is 29.5. The van der Waals surface area contributed by atoms with E-state index in [1.165, 1.54) is 32.4 Å². The van der Waals surface area contributed by atoms with Crippen LogP contribution in [0.3, 0.4) is 0 Å². The molecule has 0 saturated carbocycles. The van der Waals surface area contributed by atoms with Crippen molar-refractivity contribution in [2.75, 3.05) is 14.2 Å². The highest BCUT2D eigenvalue weighted by Gasteiger charge is 2.46. The zero-order valence-electron chi connectivity index (χ0n) is 8.47. The Bertz CT molecular complexity index is 331.